The summed E-state index contributed by atoms with van der Waals surface area (Å²) in [5.74, 6) is 1.32. The van der Waals surface area contributed by atoms with Crippen LogP contribution in [0.1, 0.15) is 36.8 Å². The lowest BCUT2D eigenvalue weighted by molar-refractivity contribution is 0.0477. The molecule has 0 aromatic heterocycles. The van der Waals surface area contributed by atoms with Gasteiger partial charge in [-0.15, -0.1) is 0 Å². The SMILES string of the molecule is C1C[C@H]2COC[C@@H]1C2.N=C(N)C1=CNC=C/C1=C(/N)c1ccc(C(F)F)cc1O. The largest absolute Gasteiger partial charge is 0.507 e. The molecule has 2 aliphatic heterocycles. The van der Waals surface area contributed by atoms with E-state index in [-0.39, 0.29) is 28.4 Å². The molecule has 7 N–H and O–H groups in total. The Bertz CT molecular complexity index is 850. The standard InChI is InChI=1S/C14H14F2N4O.C7H12O/c15-13(16)7-1-2-9(11(21)5-7)12(17)8-3-4-20-6-10(8)14(18)19;1-2-7-3-6(1)4-8-5-7/h1-6,13,20-21H,17H2,(H3,18,19);6-7H,1-5H2/b12-8-;/t;6-,7+. The van der Waals surface area contributed by atoms with E-state index in [1.807, 2.05) is 0 Å². The molecule has 2 bridgehead atoms. The number of hydrogen-bond donors (Lipinski definition) is 5. The number of benzene rings is 1. The lowest BCUT2D eigenvalue weighted by atomic mass is 9.97. The van der Waals surface area contributed by atoms with Crippen molar-refractivity contribution in [3.8, 4) is 5.75 Å². The smallest absolute Gasteiger partial charge is 0.263 e. The van der Waals surface area contributed by atoms with Gasteiger partial charge in [0.2, 0.25) is 0 Å². The predicted octanol–water partition coefficient (Wildman–Crippen LogP) is 3.37. The first-order valence-corrected chi connectivity index (χ1v) is 9.53. The van der Waals surface area contributed by atoms with E-state index >= 15 is 0 Å². The van der Waals surface area contributed by atoms with E-state index in [1.54, 1.807) is 12.3 Å². The number of phenols is 1. The number of allylic oxidation sites excluding steroid dienone is 1. The Balaban J connectivity index is 0.000000246. The third kappa shape index (κ3) is 4.95. The van der Waals surface area contributed by atoms with Gasteiger partial charge in [-0.05, 0) is 49.3 Å². The Morgan fingerprint density at radius 3 is 2.45 bits per heavy atom. The van der Waals surface area contributed by atoms with Gasteiger partial charge in [0.05, 0.1) is 5.70 Å². The fraction of sp³-hybridized carbons (Fsp3) is 0.381. The van der Waals surface area contributed by atoms with Crippen LogP contribution in [0.15, 0.2) is 47.8 Å². The highest BCUT2D eigenvalue weighted by molar-refractivity contribution is 6.02. The second-order valence-electron chi connectivity index (χ2n) is 7.46. The molecular weight excluding hydrogens is 378 g/mol. The molecule has 3 aliphatic rings. The van der Waals surface area contributed by atoms with Gasteiger partial charge in [-0.2, -0.15) is 0 Å². The van der Waals surface area contributed by atoms with Gasteiger partial charge >= 0.3 is 0 Å². The van der Waals surface area contributed by atoms with Crippen LogP contribution >= 0.6 is 0 Å². The molecule has 1 saturated carbocycles. The molecular formula is C21H26F2N4O2. The van der Waals surface area contributed by atoms with E-state index in [4.69, 9.17) is 21.6 Å². The molecule has 0 amide bonds. The third-order valence-corrected chi connectivity index (χ3v) is 5.37. The molecule has 156 valence electrons. The topological polar surface area (TPSA) is 117 Å². The molecule has 29 heavy (non-hydrogen) atoms. The van der Waals surface area contributed by atoms with Gasteiger partial charge < -0.3 is 26.6 Å². The number of alkyl halides is 2. The number of nitrogens with one attached hydrogen (secondary N) is 2. The first kappa shape index (κ1) is 20.9. The molecule has 4 rings (SSSR count). The fourth-order valence-corrected chi connectivity index (χ4v) is 3.83. The average molecular weight is 404 g/mol. The monoisotopic (exact) mass is 404 g/mol. The summed E-state index contributed by atoms with van der Waals surface area (Å²) in [4.78, 5) is 0. The number of ether oxygens (including phenoxy) is 1. The van der Waals surface area contributed by atoms with Crippen LogP contribution < -0.4 is 16.8 Å². The lowest BCUT2D eigenvalue weighted by Gasteiger charge is -2.17. The van der Waals surface area contributed by atoms with Gasteiger partial charge in [-0.1, -0.05) is 6.07 Å². The molecule has 2 fully saturated rings. The highest BCUT2D eigenvalue weighted by Crippen LogP contribution is 2.34. The summed E-state index contributed by atoms with van der Waals surface area (Å²) in [5, 5.41) is 20.2. The van der Waals surface area contributed by atoms with Crippen molar-refractivity contribution in [1.29, 1.82) is 5.41 Å². The molecule has 2 atom stereocenters. The first-order valence-electron chi connectivity index (χ1n) is 9.53. The molecule has 0 unspecified atom stereocenters. The molecule has 2 heterocycles. The summed E-state index contributed by atoms with van der Waals surface area (Å²) in [5.41, 5.74) is 12.3. The second-order valence-corrected chi connectivity index (χ2v) is 7.46. The van der Waals surface area contributed by atoms with Gasteiger partial charge in [0.1, 0.15) is 11.6 Å². The minimum atomic E-state index is -2.68. The van der Waals surface area contributed by atoms with Crippen molar-refractivity contribution in [1.82, 2.24) is 5.32 Å². The molecule has 1 saturated heterocycles. The van der Waals surface area contributed by atoms with Crippen molar-refractivity contribution < 1.29 is 18.6 Å². The number of dihydropyridines is 1. The predicted molar refractivity (Wildman–Crippen MR) is 108 cm³/mol. The molecule has 1 aliphatic carbocycles. The Morgan fingerprint density at radius 2 is 1.90 bits per heavy atom. The third-order valence-electron chi connectivity index (χ3n) is 5.37. The average Bonchev–Trinajstić information content (AvgIpc) is 3.05. The summed E-state index contributed by atoms with van der Waals surface area (Å²) < 4.78 is 30.5. The summed E-state index contributed by atoms with van der Waals surface area (Å²) in [6, 6.07) is 3.47. The van der Waals surface area contributed by atoms with Crippen molar-refractivity contribution in [3.63, 3.8) is 0 Å². The van der Waals surface area contributed by atoms with E-state index in [2.05, 4.69) is 5.32 Å². The van der Waals surface area contributed by atoms with Crippen LogP contribution in [0.25, 0.3) is 5.70 Å². The van der Waals surface area contributed by atoms with Gasteiger partial charge in [0.15, 0.2) is 0 Å². The molecule has 6 nitrogen and oxygen atoms in total. The normalized spacial score (nSPS) is 24.3. The molecule has 8 heteroatoms. The number of amidine groups is 1. The molecule has 0 spiro atoms. The van der Waals surface area contributed by atoms with Gasteiger partial charge in [0.25, 0.3) is 6.43 Å². The number of rotatable bonds is 3. The van der Waals surface area contributed by atoms with E-state index in [9.17, 15) is 13.9 Å². The molecule has 1 aromatic rings. The number of halogens is 2. The number of nitrogens with two attached hydrogens (primary N) is 2. The number of fused-ring (bicyclic) bond motifs is 2. The maximum Gasteiger partial charge on any atom is 0.263 e. The van der Waals surface area contributed by atoms with Crippen LogP contribution in [0.5, 0.6) is 5.75 Å². The fourth-order valence-electron chi connectivity index (χ4n) is 3.83. The van der Waals surface area contributed by atoms with Gasteiger partial charge in [0, 0.05) is 47.9 Å². The Kier molecular flexibility index (Phi) is 6.53. The van der Waals surface area contributed by atoms with E-state index < -0.39 is 6.43 Å². The van der Waals surface area contributed by atoms with Crippen LogP contribution in [0.3, 0.4) is 0 Å². The van der Waals surface area contributed by atoms with Crippen molar-refractivity contribution in [2.45, 2.75) is 25.7 Å². The van der Waals surface area contributed by atoms with Crippen LogP contribution in [-0.4, -0.2) is 24.2 Å². The zero-order valence-electron chi connectivity index (χ0n) is 16.0. The maximum atomic E-state index is 12.6. The Morgan fingerprint density at radius 1 is 1.21 bits per heavy atom. The van der Waals surface area contributed by atoms with E-state index in [1.165, 1.54) is 37.6 Å². The van der Waals surface area contributed by atoms with Crippen molar-refractivity contribution in [2.75, 3.05) is 13.2 Å². The Hall–Kier alpha value is -2.87. The minimum Gasteiger partial charge on any atom is -0.507 e. The lowest BCUT2D eigenvalue weighted by Crippen LogP contribution is -2.20. The minimum absolute atomic E-state index is 0.146. The highest BCUT2D eigenvalue weighted by atomic mass is 19.3. The van der Waals surface area contributed by atoms with Crippen LogP contribution in [0, 0.1) is 17.2 Å². The number of phenolic OH excluding ortho intramolecular Hbond substituents is 1. The highest BCUT2D eigenvalue weighted by Gasteiger charge is 2.28. The zero-order valence-corrected chi connectivity index (χ0v) is 16.0. The Labute approximate surface area is 168 Å². The summed E-state index contributed by atoms with van der Waals surface area (Å²) >= 11 is 0. The summed E-state index contributed by atoms with van der Waals surface area (Å²) in [6.45, 7) is 2.10. The first-order chi connectivity index (χ1) is 13.9. The van der Waals surface area contributed by atoms with E-state index in [0.29, 0.717) is 11.1 Å². The molecule has 1 aromatic carbocycles. The number of aromatic hydroxyl groups is 1. The molecule has 0 radical (unpaired) electrons. The summed E-state index contributed by atoms with van der Waals surface area (Å²) in [6.07, 6.45) is 6.32. The van der Waals surface area contributed by atoms with Crippen molar-refractivity contribution >= 4 is 11.5 Å². The van der Waals surface area contributed by atoms with E-state index in [0.717, 1.165) is 31.1 Å². The van der Waals surface area contributed by atoms with Crippen LogP contribution in [0.2, 0.25) is 0 Å². The quantitative estimate of drug-likeness (QED) is 0.391. The number of hydrogen-bond acceptors (Lipinski definition) is 5. The van der Waals surface area contributed by atoms with Crippen LogP contribution in [-0.2, 0) is 4.74 Å². The van der Waals surface area contributed by atoms with Crippen molar-refractivity contribution in [2.24, 2.45) is 23.3 Å². The van der Waals surface area contributed by atoms with Crippen molar-refractivity contribution in [3.05, 3.63) is 58.9 Å². The van der Waals surface area contributed by atoms with Gasteiger partial charge in [-0.25, -0.2) is 8.78 Å². The zero-order chi connectivity index (χ0) is 21.0. The van der Waals surface area contributed by atoms with Crippen LogP contribution in [0.4, 0.5) is 8.78 Å². The second kappa shape index (κ2) is 9.09. The van der Waals surface area contributed by atoms with Gasteiger partial charge in [-0.3, -0.25) is 5.41 Å². The maximum absolute atomic E-state index is 12.6. The summed E-state index contributed by atoms with van der Waals surface area (Å²) in [7, 11) is 0.